The first-order valence-electron chi connectivity index (χ1n) is 6.34. The number of hydrogen-bond acceptors (Lipinski definition) is 4. The van der Waals surface area contributed by atoms with Gasteiger partial charge in [-0.2, -0.15) is 0 Å². The smallest absolute Gasteiger partial charge is 0.307 e. The maximum atomic E-state index is 11.1. The second-order valence-electron chi connectivity index (χ2n) is 3.81. The van der Waals surface area contributed by atoms with Crippen LogP contribution in [0.15, 0.2) is 24.3 Å². The van der Waals surface area contributed by atoms with Crippen LogP contribution in [0.1, 0.15) is 25.8 Å². The van der Waals surface area contributed by atoms with Crippen molar-refractivity contribution >= 4 is 5.97 Å². The fourth-order valence-electron chi connectivity index (χ4n) is 1.53. The number of carbonyl (C=O) groups is 1. The molecule has 1 N–H and O–H groups in total. The minimum absolute atomic E-state index is 0.156. The van der Waals surface area contributed by atoms with Gasteiger partial charge in [0.15, 0.2) is 0 Å². The van der Waals surface area contributed by atoms with E-state index in [1.807, 2.05) is 38.1 Å². The Bertz CT molecular complexity index is 349. The van der Waals surface area contributed by atoms with Crippen LogP contribution in [0.2, 0.25) is 0 Å². The van der Waals surface area contributed by atoms with Crippen molar-refractivity contribution in [2.45, 2.75) is 26.8 Å². The Kier molecular flexibility index (Phi) is 6.87. The van der Waals surface area contributed by atoms with Crippen LogP contribution in [0.4, 0.5) is 0 Å². The average Bonchev–Trinajstić information content (AvgIpc) is 2.37. The molecule has 0 aliphatic carbocycles. The number of benzene rings is 1. The first kappa shape index (κ1) is 14.5. The van der Waals surface area contributed by atoms with E-state index in [-0.39, 0.29) is 5.97 Å². The van der Waals surface area contributed by atoms with Gasteiger partial charge in [0.05, 0.1) is 19.6 Å². The number of hydrogen-bond donors (Lipinski definition) is 1. The summed E-state index contributed by atoms with van der Waals surface area (Å²) in [5.41, 5.74) is 1.17. The third kappa shape index (κ3) is 5.68. The van der Waals surface area contributed by atoms with Crippen molar-refractivity contribution in [1.82, 2.24) is 5.32 Å². The van der Waals surface area contributed by atoms with Crippen molar-refractivity contribution in [3.05, 3.63) is 29.8 Å². The minimum Gasteiger partial charge on any atom is -0.494 e. The Morgan fingerprint density at radius 3 is 2.50 bits per heavy atom. The number of carbonyl (C=O) groups excluding carboxylic acids is 1. The number of nitrogens with one attached hydrogen (secondary N) is 1. The predicted molar refractivity (Wildman–Crippen MR) is 70.6 cm³/mol. The molecule has 0 fully saturated rings. The number of esters is 1. The summed E-state index contributed by atoms with van der Waals surface area (Å²) in [5, 5.41) is 3.20. The monoisotopic (exact) mass is 251 g/mol. The predicted octanol–water partition coefficient (Wildman–Crippen LogP) is 2.13. The fraction of sp³-hybridized carbons (Fsp3) is 0.500. The lowest BCUT2D eigenvalue weighted by molar-refractivity contribution is -0.142. The van der Waals surface area contributed by atoms with Crippen LogP contribution < -0.4 is 10.1 Å². The zero-order valence-electron chi connectivity index (χ0n) is 11.1. The molecular weight excluding hydrogens is 230 g/mol. The summed E-state index contributed by atoms with van der Waals surface area (Å²) in [5.74, 6) is 0.726. The molecule has 18 heavy (non-hydrogen) atoms. The largest absolute Gasteiger partial charge is 0.494 e. The second kappa shape index (κ2) is 8.53. The second-order valence-corrected chi connectivity index (χ2v) is 3.81. The van der Waals surface area contributed by atoms with Gasteiger partial charge in [0.25, 0.3) is 0 Å². The van der Waals surface area contributed by atoms with Crippen LogP contribution in [0.5, 0.6) is 5.75 Å². The highest BCUT2D eigenvalue weighted by molar-refractivity contribution is 5.69. The average molecular weight is 251 g/mol. The fourth-order valence-corrected chi connectivity index (χ4v) is 1.53. The summed E-state index contributed by atoms with van der Waals surface area (Å²) < 4.78 is 10.2. The molecule has 0 heterocycles. The summed E-state index contributed by atoms with van der Waals surface area (Å²) in [6.45, 7) is 6.27. The van der Waals surface area contributed by atoms with E-state index in [1.165, 1.54) is 5.56 Å². The van der Waals surface area contributed by atoms with Crippen molar-refractivity contribution in [2.75, 3.05) is 19.8 Å². The lowest BCUT2D eigenvalue weighted by Crippen LogP contribution is -2.18. The quantitative estimate of drug-likeness (QED) is 0.568. The van der Waals surface area contributed by atoms with Crippen molar-refractivity contribution < 1.29 is 14.3 Å². The molecule has 0 radical (unpaired) electrons. The summed E-state index contributed by atoms with van der Waals surface area (Å²) in [7, 11) is 0. The molecule has 4 heteroatoms. The molecule has 1 aromatic rings. The maximum Gasteiger partial charge on any atom is 0.307 e. The number of ether oxygens (including phenoxy) is 2. The van der Waals surface area contributed by atoms with Gasteiger partial charge in [-0.3, -0.25) is 4.79 Å². The van der Waals surface area contributed by atoms with Crippen LogP contribution in [0.3, 0.4) is 0 Å². The third-order valence-corrected chi connectivity index (χ3v) is 2.37. The molecule has 0 aromatic heterocycles. The zero-order valence-corrected chi connectivity index (χ0v) is 11.1. The van der Waals surface area contributed by atoms with E-state index in [0.29, 0.717) is 26.2 Å². The molecule has 0 aliphatic heterocycles. The highest BCUT2D eigenvalue weighted by Gasteiger charge is 2.00. The molecule has 100 valence electrons. The van der Waals surface area contributed by atoms with Gasteiger partial charge in [0.2, 0.25) is 0 Å². The van der Waals surface area contributed by atoms with Gasteiger partial charge in [-0.15, -0.1) is 0 Å². The van der Waals surface area contributed by atoms with Crippen LogP contribution in [0.25, 0.3) is 0 Å². The summed E-state index contributed by atoms with van der Waals surface area (Å²) in [6, 6.07) is 7.93. The van der Waals surface area contributed by atoms with Crippen LogP contribution in [-0.4, -0.2) is 25.7 Å². The standard InChI is InChI=1S/C14H21NO3/c1-3-17-13-7-5-12(6-8-13)11-15-10-9-14(16)18-4-2/h5-8,15H,3-4,9-11H2,1-2H3. The van der Waals surface area contributed by atoms with E-state index in [0.717, 1.165) is 12.3 Å². The topological polar surface area (TPSA) is 47.6 Å². The van der Waals surface area contributed by atoms with Gasteiger partial charge < -0.3 is 14.8 Å². The van der Waals surface area contributed by atoms with Crippen molar-refractivity contribution in [3.63, 3.8) is 0 Å². The van der Waals surface area contributed by atoms with Crippen LogP contribution >= 0.6 is 0 Å². The van der Waals surface area contributed by atoms with E-state index in [1.54, 1.807) is 0 Å². The Morgan fingerprint density at radius 2 is 1.89 bits per heavy atom. The molecule has 0 unspecified atom stereocenters. The van der Waals surface area contributed by atoms with Gasteiger partial charge in [-0.25, -0.2) is 0 Å². The van der Waals surface area contributed by atoms with Crippen molar-refractivity contribution in [1.29, 1.82) is 0 Å². The van der Waals surface area contributed by atoms with Crippen LogP contribution in [0, 0.1) is 0 Å². The van der Waals surface area contributed by atoms with Gasteiger partial charge in [-0.1, -0.05) is 12.1 Å². The Hall–Kier alpha value is -1.55. The highest BCUT2D eigenvalue weighted by atomic mass is 16.5. The Labute approximate surface area is 108 Å². The van der Waals surface area contributed by atoms with E-state index in [9.17, 15) is 4.79 Å². The van der Waals surface area contributed by atoms with Crippen molar-refractivity contribution in [3.8, 4) is 5.75 Å². The van der Waals surface area contributed by atoms with E-state index >= 15 is 0 Å². The van der Waals surface area contributed by atoms with E-state index in [2.05, 4.69) is 5.32 Å². The molecule has 0 saturated heterocycles. The first-order chi connectivity index (χ1) is 8.76. The molecular formula is C14H21NO3. The molecule has 0 atom stereocenters. The molecule has 0 saturated carbocycles. The molecule has 1 rings (SSSR count). The minimum atomic E-state index is -0.156. The summed E-state index contributed by atoms with van der Waals surface area (Å²) in [6.07, 6.45) is 0.408. The number of rotatable bonds is 8. The SMILES string of the molecule is CCOC(=O)CCNCc1ccc(OCC)cc1. The lowest BCUT2D eigenvalue weighted by Gasteiger charge is -2.06. The molecule has 0 aliphatic rings. The van der Waals surface area contributed by atoms with Gasteiger partial charge in [-0.05, 0) is 31.5 Å². The Morgan fingerprint density at radius 1 is 1.17 bits per heavy atom. The molecule has 0 amide bonds. The maximum absolute atomic E-state index is 11.1. The van der Waals surface area contributed by atoms with Gasteiger partial charge >= 0.3 is 5.97 Å². The zero-order chi connectivity index (χ0) is 13.2. The highest BCUT2D eigenvalue weighted by Crippen LogP contribution is 2.11. The van der Waals surface area contributed by atoms with Crippen LogP contribution in [-0.2, 0) is 16.1 Å². The molecule has 4 nitrogen and oxygen atoms in total. The summed E-state index contributed by atoms with van der Waals surface area (Å²) in [4.78, 5) is 11.1. The first-order valence-corrected chi connectivity index (χ1v) is 6.34. The normalized spacial score (nSPS) is 10.1. The lowest BCUT2D eigenvalue weighted by atomic mass is 10.2. The third-order valence-electron chi connectivity index (χ3n) is 2.37. The van der Waals surface area contributed by atoms with E-state index in [4.69, 9.17) is 9.47 Å². The molecule has 0 spiro atoms. The van der Waals surface area contributed by atoms with E-state index < -0.39 is 0 Å². The Balaban J connectivity index is 2.21. The molecule has 1 aromatic carbocycles. The van der Waals surface area contributed by atoms with Crippen molar-refractivity contribution in [2.24, 2.45) is 0 Å². The summed E-state index contributed by atoms with van der Waals surface area (Å²) >= 11 is 0. The van der Waals surface area contributed by atoms with Gasteiger partial charge in [0.1, 0.15) is 5.75 Å². The molecule has 0 bridgehead atoms. The van der Waals surface area contributed by atoms with Gasteiger partial charge in [0, 0.05) is 13.1 Å².